The SMILES string of the molecule is NC1(c2cc(Cl)ccc2N2CCCCC2)CCC1. The van der Waals surface area contributed by atoms with Crippen molar-refractivity contribution in [1.82, 2.24) is 0 Å². The Kier molecular flexibility index (Phi) is 3.25. The molecule has 0 aromatic heterocycles. The smallest absolute Gasteiger partial charge is 0.0430 e. The van der Waals surface area contributed by atoms with Crippen molar-refractivity contribution in [3.05, 3.63) is 28.8 Å². The monoisotopic (exact) mass is 264 g/mol. The number of halogens is 1. The van der Waals surface area contributed by atoms with E-state index in [1.807, 2.05) is 6.07 Å². The fourth-order valence-corrected chi connectivity index (χ4v) is 3.32. The highest BCUT2D eigenvalue weighted by molar-refractivity contribution is 6.30. The first-order valence-electron chi connectivity index (χ1n) is 7.03. The van der Waals surface area contributed by atoms with Gasteiger partial charge in [0.1, 0.15) is 0 Å². The van der Waals surface area contributed by atoms with Crippen LogP contribution in [0.5, 0.6) is 0 Å². The second-order valence-corrected chi connectivity index (χ2v) is 6.16. The van der Waals surface area contributed by atoms with Crippen molar-refractivity contribution < 1.29 is 0 Å². The number of hydrogen-bond acceptors (Lipinski definition) is 2. The molecule has 18 heavy (non-hydrogen) atoms. The molecule has 1 aromatic rings. The lowest BCUT2D eigenvalue weighted by atomic mass is 9.72. The van der Waals surface area contributed by atoms with Crippen LogP contribution in [0.25, 0.3) is 0 Å². The van der Waals surface area contributed by atoms with Gasteiger partial charge in [0.05, 0.1) is 0 Å². The standard InChI is InChI=1S/C15H21ClN2/c16-12-5-6-14(18-9-2-1-3-10-18)13(11-12)15(17)7-4-8-15/h5-6,11H,1-4,7-10,17H2. The molecule has 3 rings (SSSR count). The molecular formula is C15H21ClN2. The predicted molar refractivity (Wildman–Crippen MR) is 77.2 cm³/mol. The second kappa shape index (κ2) is 4.75. The van der Waals surface area contributed by atoms with Crippen LogP contribution in [-0.4, -0.2) is 13.1 Å². The van der Waals surface area contributed by atoms with E-state index in [0.29, 0.717) is 0 Å². The van der Waals surface area contributed by atoms with Gasteiger partial charge in [-0.05, 0) is 62.3 Å². The third kappa shape index (κ3) is 2.12. The molecule has 1 aliphatic heterocycles. The van der Waals surface area contributed by atoms with Crippen molar-refractivity contribution in [1.29, 1.82) is 0 Å². The zero-order valence-corrected chi connectivity index (χ0v) is 11.5. The Morgan fingerprint density at radius 1 is 1.06 bits per heavy atom. The lowest BCUT2D eigenvalue weighted by molar-refractivity contribution is 0.254. The molecule has 0 atom stereocenters. The summed E-state index contributed by atoms with van der Waals surface area (Å²) in [6.07, 6.45) is 7.36. The van der Waals surface area contributed by atoms with E-state index in [2.05, 4.69) is 17.0 Å². The van der Waals surface area contributed by atoms with E-state index in [-0.39, 0.29) is 5.54 Å². The minimum Gasteiger partial charge on any atom is -0.371 e. The molecule has 1 aromatic carbocycles. The van der Waals surface area contributed by atoms with Crippen molar-refractivity contribution >= 4 is 17.3 Å². The van der Waals surface area contributed by atoms with Gasteiger partial charge < -0.3 is 10.6 Å². The Labute approximate surface area is 114 Å². The van der Waals surface area contributed by atoms with Crippen LogP contribution in [0.15, 0.2) is 18.2 Å². The van der Waals surface area contributed by atoms with Crippen molar-refractivity contribution in [2.24, 2.45) is 5.73 Å². The number of piperidine rings is 1. The van der Waals surface area contributed by atoms with E-state index in [4.69, 9.17) is 17.3 Å². The normalized spacial score (nSPS) is 22.7. The Morgan fingerprint density at radius 2 is 1.78 bits per heavy atom. The van der Waals surface area contributed by atoms with Crippen molar-refractivity contribution in [3.8, 4) is 0 Å². The van der Waals surface area contributed by atoms with Crippen molar-refractivity contribution in [2.45, 2.75) is 44.1 Å². The van der Waals surface area contributed by atoms with E-state index < -0.39 is 0 Å². The van der Waals surface area contributed by atoms with Gasteiger partial charge in [-0.2, -0.15) is 0 Å². The first-order chi connectivity index (χ1) is 8.69. The number of nitrogens with zero attached hydrogens (tertiary/aromatic N) is 1. The molecule has 0 radical (unpaired) electrons. The molecule has 0 bridgehead atoms. The molecule has 2 nitrogen and oxygen atoms in total. The third-order valence-corrected chi connectivity index (χ3v) is 4.67. The Hall–Kier alpha value is -0.730. The third-order valence-electron chi connectivity index (χ3n) is 4.44. The zero-order chi connectivity index (χ0) is 12.6. The van der Waals surface area contributed by atoms with Gasteiger partial charge in [0.15, 0.2) is 0 Å². The minimum atomic E-state index is -0.127. The molecule has 2 aliphatic rings. The molecule has 3 heteroatoms. The number of rotatable bonds is 2. The highest BCUT2D eigenvalue weighted by Crippen LogP contribution is 2.44. The molecule has 98 valence electrons. The fraction of sp³-hybridized carbons (Fsp3) is 0.600. The number of benzene rings is 1. The van der Waals surface area contributed by atoms with E-state index >= 15 is 0 Å². The summed E-state index contributed by atoms with van der Waals surface area (Å²) < 4.78 is 0. The van der Waals surface area contributed by atoms with E-state index in [1.54, 1.807) is 0 Å². The topological polar surface area (TPSA) is 29.3 Å². The lowest BCUT2D eigenvalue weighted by Gasteiger charge is -2.42. The molecule has 0 amide bonds. The first kappa shape index (κ1) is 12.3. The van der Waals surface area contributed by atoms with Gasteiger partial charge in [-0.25, -0.2) is 0 Å². The van der Waals surface area contributed by atoms with Crippen LogP contribution >= 0.6 is 11.6 Å². The van der Waals surface area contributed by atoms with Gasteiger partial charge in [-0.15, -0.1) is 0 Å². The first-order valence-corrected chi connectivity index (χ1v) is 7.41. The Balaban J connectivity index is 1.97. The van der Waals surface area contributed by atoms with E-state index in [0.717, 1.165) is 31.0 Å². The molecule has 0 spiro atoms. The van der Waals surface area contributed by atoms with Gasteiger partial charge in [-0.3, -0.25) is 0 Å². The van der Waals surface area contributed by atoms with E-state index in [9.17, 15) is 0 Å². The molecule has 2 N–H and O–H groups in total. The molecule has 1 saturated carbocycles. The molecule has 0 unspecified atom stereocenters. The van der Waals surface area contributed by atoms with Crippen LogP contribution in [0.4, 0.5) is 5.69 Å². The zero-order valence-electron chi connectivity index (χ0n) is 10.8. The quantitative estimate of drug-likeness (QED) is 0.883. The van der Waals surface area contributed by atoms with Gasteiger partial charge >= 0.3 is 0 Å². The summed E-state index contributed by atoms with van der Waals surface area (Å²) in [5.41, 5.74) is 8.98. The second-order valence-electron chi connectivity index (χ2n) is 5.72. The van der Waals surface area contributed by atoms with Gasteiger partial charge in [-0.1, -0.05) is 11.6 Å². The van der Waals surface area contributed by atoms with Gasteiger partial charge in [0.2, 0.25) is 0 Å². The van der Waals surface area contributed by atoms with Crippen LogP contribution in [-0.2, 0) is 5.54 Å². The highest BCUT2D eigenvalue weighted by Gasteiger charge is 2.37. The average Bonchev–Trinajstić information content (AvgIpc) is 2.37. The summed E-state index contributed by atoms with van der Waals surface area (Å²) in [6.45, 7) is 2.31. The van der Waals surface area contributed by atoms with Crippen molar-refractivity contribution in [3.63, 3.8) is 0 Å². The minimum absolute atomic E-state index is 0.127. The molecule has 1 saturated heterocycles. The molecule has 1 heterocycles. The number of hydrogen-bond donors (Lipinski definition) is 1. The summed E-state index contributed by atoms with van der Waals surface area (Å²) in [4.78, 5) is 2.49. The predicted octanol–water partition coefficient (Wildman–Crippen LogP) is 3.67. The van der Waals surface area contributed by atoms with Crippen LogP contribution in [0.3, 0.4) is 0 Å². The maximum absolute atomic E-state index is 6.52. The van der Waals surface area contributed by atoms with Crippen LogP contribution < -0.4 is 10.6 Å². The highest BCUT2D eigenvalue weighted by atomic mass is 35.5. The van der Waals surface area contributed by atoms with E-state index in [1.165, 1.54) is 36.9 Å². The maximum atomic E-state index is 6.52. The lowest BCUT2D eigenvalue weighted by Crippen LogP contribution is -2.45. The molecule has 2 fully saturated rings. The number of anilines is 1. The average molecular weight is 265 g/mol. The maximum Gasteiger partial charge on any atom is 0.0430 e. The Morgan fingerprint density at radius 3 is 2.39 bits per heavy atom. The summed E-state index contributed by atoms with van der Waals surface area (Å²) in [6, 6.07) is 6.25. The van der Waals surface area contributed by atoms with Crippen LogP contribution in [0.2, 0.25) is 5.02 Å². The van der Waals surface area contributed by atoms with Crippen LogP contribution in [0.1, 0.15) is 44.1 Å². The number of nitrogens with two attached hydrogens (primary N) is 1. The largest absolute Gasteiger partial charge is 0.371 e. The molecular weight excluding hydrogens is 244 g/mol. The fourth-order valence-electron chi connectivity index (χ4n) is 3.14. The molecule has 1 aliphatic carbocycles. The Bertz CT molecular complexity index is 434. The van der Waals surface area contributed by atoms with Crippen molar-refractivity contribution in [2.75, 3.05) is 18.0 Å². The van der Waals surface area contributed by atoms with Gasteiger partial charge in [0.25, 0.3) is 0 Å². The van der Waals surface area contributed by atoms with Gasteiger partial charge in [0, 0.05) is 29.3 Å². The summed E-state index contributed by atoms with van der Waals surface area (Å²) in [7, 11) is 0. The summed E-state index contributed by atoms with van der Waals surface area (Å²) >= 11 is 6.17. The summed E-state index contributed by atoms with van der Waals surface area (Å²) in [5.74, 6) is 0. The summed E-state index contributed by atoms with van der Waals surface area (Å²) in [5, 5.41) is 0.808. The van der Waals surface area contributed by atoms with Crippen LogP contribution in [0, 0.1) is 0 Å².